The summed E-state index contributed by atoms with van der Waals surface area (Å²) in [4.78, 5) is 10.5. The molecule has 0 N–H and O–H groups in total. The van der Waals surface area contributed by atoms with E-state index in [1.807, 2.05) is 0 Å². The molecule has 0 fully saturated rings. The van der Waals surface area contributed by atoms with Gasteiger partial charge in [0.25, 0.3) is 0 Å². The van der Waals surface area contributed by atoms with Gasteiger partial charge in [0.15, 0.2) is 0 Å². The van der Waals surface area contributed by atoms with Gasteiger partial charge in [-0.3, -0.25) is 0 Å². The Bertz CT molecular complexity index is 2060. The first-order valence-electron chi connectivity index (χ1n) is 15.1. The molecule has 0 saturated heterocycles. The minimum absolute atomic E-state index is 0.185. The third-order valence-corrected chi connectivity index (χ3v) is 9.16. The van der Waals surface area contributed by atoms with Crippen LogP contribution in [0.15, 0.2) is 140 Å². The Labute approximate surface area is 253 Å². The summed E-state index contributed by atoms with van der Waals surface area (Å²) < 4.78 is 0. The van der Waals surface area contributed by atoms with Gasteiger partial charge in [-0.1, -0.05) is 141 Å². The zero-order valence-electron chi connectivity index (χ0n) is 24.5. The molecule has 5 aromatic carbocycles. The molecule has 2 nitrogen and oxygen atoms in total. The maximum absolute atomic E-state index is 5.27. The SMILES string of the molecule is CC1(C)c2cc(-c3ccc(-c4ccc5ccccc5c4)cc3)ccc2-c2nc(C3C=CC=CC3)nc(-c3ccccc3)c21. The Hall–Kier alpha value is -5.08. The van der Waals surface area contributed by atoms with E-state index in [-0.39, 0.29) is 11.3 Å². The van der Waals surface area contributed by atoms with Gasteiger partial charge in [-0.15, -0.1) is 0 Å². The summed E-state index contributed by atoms with van der Waals surface area (Å²) >= 11 is 0. The molecule has 43 heavy (non-hydrogen) atoms. The summed E-state index contributed by atoms with van der Waals surface area (Å²) in [6.07, 6.45) is 9.58. The van der Waals surface area contributed by atoms with Crippen molar-refractivity contribution in [2.45, 2.75) is 31.6 Å². The topological polar surface area (TPSA) is 25.8 Å². The predicted octanol–water partition coefficient (Wildman–Crippen LogP) is 10.5. The second-order valence-corrected chi connectivity index (χ2v) is 12.2. The fourth-order valence-electron chi connectivity index (χ4n) is 6.81. The molecule has 8 rings (SSSR count). The number of fused-ring (bicyclic) bond motifs is 4. The monoisotopic (exact) mass is 552 g/mol. The molecule has 0 spiro atoms. The molecule has 0 bridgehead atoms. The first kappa shape index (κ1) is 25.6. The van der Waals surface area contributed by atoms with Crippen LogP contribution in [0.1, 0.15) is 43.1 Å². The first-order chi connectivity index (χ1) is 21.1. The molecule has 0 radical (unpaired) electrons. The lowest BCUT2D eigenvalue weighted by molar-refractivity contribution is 0.653. The Kier molecular flexibility index (Phi) is 5.97. The smallest absolute Gasteiger partial charge is 0.136 e. The highest BCUT2D eigenvalue weighted by Gasteiger charge is 2.40. The van der Waals surface area contributed by atoms with E-state index in [9.17, 15) is 0 Å². The summed E-state index contributed by atoms with van der Waals surface area (Å²) in [6, 6.07) is 41.7. The standard InChI is InChI=1S/C41H32N2/c1-41(2)36-26-34(29-19-17-28(18-20-29)33-22-21-27-11-9-10-16-32(27)25-33)23-24-35(36)39-37(41)38(30-12-5-3-6-13-30)42-40(43-39)31-14-7-4-8-15-31/h3-14,16-26,31H,15H2,1-2H3. The second kappa shape index (κ2) is 10.0. The second-order valence-electron chi connectivity index (χ2n) is 12.2. The zero-order chi connectivity index (χ0) is 29.0. The van der Waals surface area contributed by atoms with Gasteiger partial charge in [-0.25, -0.2) is 9.97 Å². The Balaban J connectivity index is 1.20. The van der Waals surface area contributed by atoms with Crippen LogP contribution in [0.4, 0.5) is 0 Å². The molecule has 1 heterocycles. The van der Waals surface area contributed by atoms with Gasteiger partial charge in [-0.05, 0) is 57.1 Å². The van der Waals surface area contributed by atoms with Crippen molar-refractivity contribution in [1.82, 2.24) is 9.97 Å². The van der Waals surface area contributed by atoms with Gasteiger partial charge >= 0.3 is 0 Å². The minimum Gasteiger partial charge on any atom is -0.232 e. The van der Waals surface area contributed by atoms with Gasteiger partial charge in [0.05, 0.1) is 11.4 Å². The van der Waals surface area contributed by atoms with Gasteiger partial charge in [0, 0.05) is 28.0 Å². The fraction of sp³-hybridized carbons (Fsp3) is 0.122. The quantitative estimate of drug-likeness (QED) is 0.217. The Morgan fingerprint density at radius 1 is 0.581 bits per heavy atom. The molecular formula is C41H32N2. The van der Waals surface area contributed by atoms with Crippen molar-refractivity contribution in [3.63, 3.8) is 0 Å². The number of benzene rings is 5. The van der Waals surface area contributed by atoms with Crippen LogP contribution in [0.25, 0.3) is 55.5 Å². The maximum Gasteiger partial charge on any atom is 0.136 e. The van der Waals surface area contributed by atoms with Gasteiger partial charge in [0.2, 0.25) is 0 Å². The fourth-order valence-corrected chi connectivity index (χ4v) is 6.81. The summed E-state index contributed by atoms with van der Waals surface area (Å²) in [7, 11) is 0. The largest absolute Gasteiger partial charge is 0.232 e. The molecule has 0 saturated carbocycles. The Morgan fingerprint density at radius 2 is 1.23 bits per heavy atom. The lowest BCUT2D eigenvalue weighted by Crippen LogP contribution is -2.18. The predicted molar refractivity (Wildman–Crippen MR) is 179 cm³/mol. The normalized spacial score (nSPS) is 16.3. The number of nitrogens with zero attached hydrogens (tertiary/aromatic N) is 2. The van der Waals surface area contributed by atoms with E-state index in [0.29, 0.717) is 0 Å². The number of hydrogen-bond donors (Lipinski definition) is 0. The van der Waals surface area contributed by atoms with Crippen LogP contribution < -0.4 is 0 Å². The highest BCUT2D eigenvalue weighted by atomic mass is 14.9. The van der Waals surface area contributed by atoms with E-state index < -0.39 is 0 Å². The first-order valence-corrected chi connectivity index (χ1v) is 15.1. The van der Waals surface area contributed by atoms with Gasteiger partial charge < -0.3 is 0 Å². The third kappa shape index (κ3) is 4.33. The summed E-state index contributed by atoms with van der Waals surface area (Å²) in [5.41, 5.74) is 11.7. The van der Waals surface area contributed by atoms with Crippen molar-refractivity contribution in [2.24, 2.45) is 0 Å². The molecule has 6 aromatic rings. The highest BCUT2D eigenvalue weighted by molar-refractivity contribution is 5.89. The molecule has 2 heteroatoms. The highest BCUT2D eigenvalue weighted by Crippen LogP contribution is 2.52. The summed E-state index contributed by atoms with van der Waals surface area (Å²) in [5, 5.41) is 2.53. The van der Waals surface area contributed by atoms with E-state index in [0.717, 1.165) is 29.2 Å². The zero-order valence-corrected chi connectivity index (χ0v) is 24.5. The summed E-state index contributed by atoms with van der Waals surface area (Å²) in [6.45, 7) is 4.64. The van der Waals surface area contributed by atoms with Crippen molar-refractivity contribution in [1.29, 1.82) is 0 Å². The van der Waals surface area contributed by atoms with Crippen molar-refractivity contribution in [3.05, 3.63) is 157 Å². The van der Waals surface area contributed by atoms with Crippen molar-refractivity contribution < 1.29 is 0 Å². The molecule has 1 aromatic heterocycles. The van der Waals surface area contributed by atoms with Crippen LogP contribution in [0, 0.1) is 0 Å². The molecule has 206 valence electrons. The van der Waals surface area contributed by atoms with Crippen LogP contribution in [-0.4, -0.2) is 9.97 Å². The van der Waals surface area contributed by atoms with Crippen molar-refractivity contribution in [2.75, 3.05) is 0 Å². The molecular weight excluding hydrogens is 520 g/mol. The van der Waals surface area contributed by atoms with E-state index >= 15 is 0 Å². The molecule has 2 aliphatic carbocycles. The van der Waals surface area contributed by atoms with Gasteiger partial charge in [-0.2, -0.15) is 0 Å². The van der Waals surface area contributed by atoms with Crippen LogP contribution in [-0.2, 0) is 5.41 Å². The lowest BCUT2D eigenvalue weighted by Gasteiger charge is -2.25. The van der Waals surface area contributed by atoms with E-state index in [1.165, 1.54) is 49.7 Å². The van der Waals surface area contributed by atoms with Crippen molar-refractivity contribution in [3.8, 4) is 44.8 Å². The van der Waals surface area contributed by atoms with Crippen LogP contribution in [0.2, 0.25) is 0 Å². The average molecular weight is 553 g/mol. The van der Waals surface area contributed by atoms with Crippen LogP contribution >= 0.6 is 0 Å². The van der Waals surface area contributed by atoms with E-state index in [1.54, 1.807) is 0 Å². The van der Waals surface area contributed by atoms with E-state index in [2.05, 4.69) is 153 Å². The number of allylic oxidation sites excluding steroid dienone is 4. The molecule has 1 atom stereocenters. The third-order valence-electron chi connectivity index (χ3n) is 9.16. The number of hydrogen-bond acceptors (Lipinski definition) is 2. The summed E-state index contributed by atoms with van der Waals surface area (Å²) in [5.74, 6) is 1.08. The Morgan fingerprint density at radius 3 is 1.98 bits per heavy atom. The van der Waals surface area contributed by atoms with Crippen LogP contribution in [0.5, 0.6) is 0 Å². The number of rotatable bonds is 4. The number of aromatic nitrogens is 2. The molecule has 2 aliphatic rings. The molecule has 0 aliphatic heterocycles. The van der Waals surface area contributed by atoms with Crippen LogP contribution in [0.3, 0.4) is 0 Å². The molecule has 1 unspecified atom stereocenters. The van der Waals surface area contributed by atoms with Crippen molar-refractivity contribution >= 4 is 10.8 Å². The maximum atomic E-state index is 5.27. The lowest BCUT2D eigenvalue weighted by atomic mass is 9.80. The van der Waals surface area contributed by atoms with Gasteiger partial charge in [0.1, 0.15) is 5.82 Å². The molecule has 0 amide bonds. The minimum atomic E-state index is -0.238. The van der Waals surface area contributed by atoms with E-state index in [4.69, 9.17) is 9.97 Å². The average Bonchev–Trinajstić information content (AvgIpc) is 3.30.